The summed E-state index contributed by atoms with van der Waals surface area (Å²) in [5.41, 5.74) is 0. The summed E-state index contributed by atoms with van der Waals surface area (Å²) in [5, 5.41) is 0. The summed E-state index contributed by atoms with van der Waals surface area (Å²) in [4.78, 5) is 10.7. The van der Waals surface area contributed by atoms with Crippen molar-refractivity contribution >= 4 is 17.5 Å². The van der Waals surface area contributed by atoms with Gasteiger partial charge < -0.3 is 0 Å². The van der Waals surface area contributed by atoms with Crippen molar-refractivity contribution in [2.24, 2.45) is 5.92 Å². The van der Waals surface area contributed by atoms with Gasteiger partial charge in [-0.25, -0.2) is 0 Å². The largest absolute Gasteiger partial charge is 0.299 e. The highest BCUT2D eigenvalue weighted by molar-refractivity contribution is 8.00. The number of ketones is 1. The van der Waals surface area contributed by atoms with Crippen molar-refractivity contribution in [2.75, 3.05) is 11.5 Å². The molecule has 1 heterocycles. The van der Waals surface area contributed by atoms with Crippen LogP contribution in [-0.4, -0.2) is 17.3 Å². The van der Waals surface area contributed by atoms with Gasteiger partial charge in [0.15, 0.2) is 0 Å². The molecular formula is C6H10OS. The highest BCUT2D eigenvalue weighted by Gasteiger charge is 2.14. The normalized spacial score (nSPS) is 30.6. The maximum atomic E-state index is 10.7. The monoisotopic (exact) mass is 130 g/mol. The second-order valence-electron chi connectivity index (χ2n) is 2.36. The van der Waals surface area contributed by atoms with Gasteiger partial charge in [-0.3, -0.25) is 4.79 Å². The Morgan fingerprint density at radius 3 is 2.88 bits per heavy atom. The topological polar surface area (TPSA) is 17.1 Å². The maximum Gasteiger partial charge on any atom is 0.143 e. The third kappa shape index (κ3) is 1.51. The third-order valence-corrected chi connectivity index (χ3v) is 2.57. The zero-order valence-electron chi connectivity index (χ0n) is 5.02. The van der Waals surface area contributed by atoms with Crippen LogP contribution < -0.4 is 0 Å². The number of thioether (sulfide) groups is 1. The van der Waals surface area contributed by atoms with Gasteiger partial charge in [-0.05, 0) is 11.7 Å². The van der Waals surface area contributed by atoms with Gasteiger partial charge in [0.25, 0.3) is 0 Å². The standard InChI is InChI=1S/C6H10OS/c1-5-2-6(7)4-8-3-5/h5H,2-4H2,1H3. The van der Waals surface area contributed by atoms with Crippen LogP contribution in [0.25, 0.3) is 0 Å². The first-order valence-corrected chi connectivity index (χ1v) is 4.04. The highest BCUT2D eigenvalue weighted by atomic mass is 32.2. The number of carbonyl (C=O) groups is 1. The van der Waals surface area contributed by atoms with Crippen LogP contribution in [0.3, 0.4) is 0 Å². The second kappa shape index (κ2) is 2.53. The Morgan fingerprint density at radius 2 is 2.50 bits per heavy atom. The van der Waals surface area contributed by atoms with Gasteiger partial charge in [-0.1, -0.05) is 6.92 Å². The molecule has 0 N–H and O–H groups in total. The summed E-state index contributed by atoms with van der Waals surface area (Å²) in [5.74, 6) is 2.98. The summed E-state index contributed by atoms with van der Waals surface area (Å²) in [7, 11) is 0. The van der Waals surface area contributed by atoms with Gasteiger partial charge in [-0.2, -0.15) is 11.8 Å². The lowest BCUT2D eigenvalue weighted by atomic mass is 10.1. The van der Waals surface area contributed by atoms with Crippen molar-refractivity contribution in [3.8, 4) is 0 Å². The number of rotatable bonds is 0. The Bertz CT molecular complexity index is 101. The lowest BCUT2D eigenvalue weighted by molar-refractivity contribution is -0.117. The molecule has 0 spiro atoms. The van der Waals surface area contributed by atoms with E-state index in [2.05, 4.69) is 6.92 Å². The predicted molar refractivity (Wildman–Crippen MR) is 36.1 cm³/mol. The van der Waals surface area contributed by atoms with Crippen molar-refractivity contribution in [3.63, 3.8) is 0 Å². The van der Waals surface area contributed by atoms with Gasteiger partial charge in [0.05, 0.1) is 5.75 Å². The molecule has 1 unspecified atom stereocenters. The molecule has 2 heteroatoms. The molecule has 8 heavy (non-hydrogen) atoms. The van der Waals surface area contributed by atoms with E-state index in [1.165, 1.54) is 5.75 Å². The van der Waals surface area contributed by atoms with E-state index in [1.807, 2.05) is 0 Å². The summed E-state index contributed by atoms with van der Waals surface area (Å²) in [6.07, 6.45) is 0.812. The summed E-state index contributed by atoms with van der Waals surface area (Å²) in [6.45, 7) is 2.13. The minimum atomic E-state index is 0.425. The van der Waals surface area contributed by atoms with Crippen LogP contribution in [-0.2, 0) is 4.79 Å². The Morgan fingerprint density at radius 1 is 1.75 bits per heavy atom. The van der Waals surface area contributed by atoms with E-state index in [1.54, 1.807) is 11.8 Å². The molecule has 0 aromatic heterocycles. The van der Waals surface area contributed by atoms with E-state index in [4.69, 9.17) is 0 Å². The van der Waals surface area contributed by atoms with Crippen LogP contribution in [0, 0.1) is 5.92 Å². The first-order chi connectivity index (χ1) is 3.79. The molecule has 1 fully saturated rings. The first kappa shape index (κ1) is 6.14. The van der Waals surface area contributed by atoms with E-state index < -0.39 is 0 Å². The molecule has 1 aliphatic heterocycles. The van der Waals surface area contributed by atoms with Crippen LogP contribution >= 0.6 is 11.8 Å². The molecule has 0 aliphatic carbocycles. The van der Waals surface area contributed by atoms with Crippen molar-refractivity contribution in [1.29, 1.82) is 0 Å². The average Bonchev–Trinajstić information content (AvgIpc) is 1.64. The average molecular weight is 130 g/mol. The Balaban J connectivity index is 2.34. The fraction of sp³-hybridized carbons (Fsp3) is 0.833. The van der Waals surface area contributed by atoms with E-state index in [9.17, 15) is 4.79 Å². The quantitative estimate of drug-likeness (QED) is 0.492. The molecule has 1 rings (SSSR count). The summed E-state index contributed by atoms with van der Waals surface area (Å²) < 4.78 is 0. The second-order valence-corrected chi connectivity index (χ2v) is 3.39. The number of Topliss-reactive ketones (excluding diaryl/α,β-unsaturated/α-hetero) is 1. The van der Waals surface area contributed by atoms with Crippen molar-refractivity contribution < 1.29 is 4.79 Å². The first-order valence-electron chi connectivity index (χ1n) is 2.88. The summed E-state index contributed by atoms with van der Waals surface area (Å²) >= 11 is 1.76. The van der Waals surface area contributed by atoms with Gasteiger partial charge >= 0.3 is 0 Å². The smallest absolute Gasteiger partial charge is 0.143 e. The molecule has 0 bridgehead atoms. The molecular weight excluding hydrogens is 120 g/mol. The van der Waals surface area contributed by atoms with E-state index in [0.717, 1.165) is 12.2 Å². The fourth-order valence-electron chi connectivity index (χ4n) is 0.880. The molecule has 0 saturated carbocycles. The predicted octanol–water partition coefficient (Wildman–Crippen LogP) is 1.33. The molecule has 1 saturated heterocycles. The minimum Gasteiger partial charge on any atom is -0.299 e. The van der Waals surface area contributed by atoms with Crippen molar-refractivity contribution in [1.82, 2.24) is 0 Å². The molecule has 1 aliphatic rings. The highest BCUT2D eigenvalue weighted by Crippen LogP contribution is 2.18. The van der Waals surface area contributed by atoms with Crippen molar-refractivity contribution in [2.45, 2.75) is 13.3 Å². The van der Waals surface area contributed by atoms with Crippen molar-refractivity contribution in [3.05, 3.63) is 0 Å². The number of carbonyl (C=O) groups excluding carboxylic acids is 1. The third-order valence-electron chi connectivity index (χ3n) is 1.24. The van der Waals surface area contributed by atoms with Gasteiger partial charge in [0.2, 0.25) is 0 Å². The maximum absolute atomic E-state index is 10.7. The number of hydrogen-bond donors (Lipinski definition) is 0. The molecule has 0 aromatic rings. The molecule has 1 atom stereocenters. The van der Waals surface area contributed by atoms with Crippen LogP contribution in [0.4, 0.5) is 0 Å². The van der Waals surface area contributed by atoms with Crippen LogP contribution in [0.2, 0.25) is 0 Å². The molecule has 0 aromatic carbocycles. The molecule has 0 amide bonds. The van der Waals surface area contributed by atoms with Crippen LogP contribution in [0.15, 0.2) is 0 Å². The van der Waals surface area contributed by atoms with Gasteiger partial charge in [0, 0.05) is 6.42 Å². The Hall–Kier alpha value is 0.0200. The number of hydrogen-bond acceptors (Lipinski definition) is 2. The molecule has 46 valence electrons. The van der Waals surface area contributed by atoms with Gasteiger partial charge in [0.1, 0.15) is 5.78 Å². The Kier molecular flexibility index (Phi) is 1.95. The Labute approximate surface area is 53.8 Å². The summed E-state index contributed by atoms with van der Waals surface area (Å²) in [6, 6.07) is 0. The zero-order chi connectivity index (χ0) is 5.98. The van der Waals surface area contributed by atoms with E-state index in [0.29, 0.717) is 11.7 Å². The zero-order valence-corrected chi connectivity index (χ0v) is 5.83. The molecule has 0 radical (unpaired) electrons. The lowest BCUT2D eigenvalue weighted by Gasteiger charge is -2.14. The molecule has 1 nitrogen and oxygen atoms in total. The van der Waals surface area contributed by atoms with Crippen LogP contribution in [0.1, 0.15) is 13.3 Å². The van der Waals surface area contributed by atoms with E-state index in [-0.39, 0.29) is 0 Å². The van der Waals surface area contributed by atoms with E-state index >= 15 is 0 Å². The van der Waals surface area contributed by atoms with Crippen LogP contribution in [0.5, 0.6) is 0 Å². The lowest BCUT2D eigenvalue weighted by Crippen LogP contribution is -2.16. The van der Waals surface area contributed by atoms with Gasteiger partial charge in [-0.15, -0.1) is 0 Å². The SMILES string of the molecule is CC1CSCC(=O)C1. The minimum absolute atomic E-state index is 0.425. The fourth-order valence-corrected chi connectivity index (χ4v) is 1.86.